The maximum Gasteiger partial charge on any atom is 0.323 e. The van der Waals surface area contributed by atoms with Gasteiger partial charge in [0.25, 0.3) is 5.89 Å². The number of hydrogen-bond donors (Lipinski definition) is 2. The number of methoxy groups -OCH3 is 2. The van der Waals surface area contributed by atoms with Crippen molar-refractivity contribution in [2.75, 3.05) is 24.9 Å². The summed E-state index contributed by atoms with van der Waals surface area (Å²) in [5, 5.41) is 9.73. The third kappa shape index (κ3) is 5.65. The highest BCUT2D eigenvalue weighted by atomic mass is 16.5. The van der Waals surface area contributed by atoms with Crippen molar-refractivity contribution in [2.45, 2.75) is 13.5 Å². The lowest BCUT2D eigenvalue weighted by atomic mass is 10.2. The monoisotopic (exact) mass is 510 g/mol. The summed E-state index contributed by atoms with van der Waals surface area (Å²) in [6.45, 7) is 2.53. The van der Waals surface area contributed by atoms with Gasteiger partial charge in [-0.2, -0.15) is 4.98 Å². The molecule has 0 saturated heterocycles. The van der Waals surface area contributed by atoms with Crippen LogP contribution in [0.5, 0.6) is 11.5 Å². The molecule has 5 aromatic rings. The minimum absolute atomic E-state index is 0.338. The lowest BCUT2D eigenvalue weighted by Gasteiger charge is -2.12. The molecule has 0 unspecified atom stereocenters. The second-order valence-electron chi connectivity index (χ2n) is 8.56. The first-order valence-electron chi connectivity index (χ1n) is 11.8. The Labute approximate surface area is 219 Å². The molecule has 38 heavy (non-hydrogen) atoms. The second-order valence-corrected chi connectivity index (χ2v) is 8.56. The number of nitrogens with zero attached hydrogens (tertiary/aromatic N) is 4. The van der Waals surface area contributed by atoms with Gasteiger partial charge in [-0.3, -0.25) is 0 Å². The van der Waals surface area contributed by atoms with Crippen LogP contribution in [0.1, 0.15) is 11.1 Å². The van der Waals surface area contributed by atoms with Crippen molar-refractivity contribution in [1.29, 1.82) is 0 Å². The number of benzene rings is 3. The van der Waals surface area contributed by atoms with Crippen LogP contribution >= 0.6 is 0 Å². The van der Waals surface area contributed by atoms with Crippen LogP contribution in [0.15, 0.2) is 83.8 Å². The number of anilines is 2. The molecule has 3 aromatic carbocycles. The van der Waals surface area contributed by atoms with Crippen LogP contribution in [0.2, 0.25) is 0 Å². The van der Waals surface area contributed by atoms with Crippen molar-refractivity contribution in [1.82, 2.24) is 19.7 Å². The zero-order valence-corrected chi connectivity index (χ0v) is 21.1. The lowest BCUT2D eigenvalue weighted by Crippen LogP contribution is -2.19. The first-order valence-corrected chi connectivity index (χ1v) is 11.8. The highest BCUT2D eigenvalue weighted by Gasteiger charge is 2.14. The van der Waals surface area contributed by atoms with Gasteiger partial charge < -0.3 is 29.2 Å². The summed E-state index contributed by atoms with van der Waals surface area (Å²) in [6, 6.07) is 20.2. The smallest absolute Gasteiger partial charge is 0.323 e. The minimum Gasteiger partial charge on any atom is -0.497 e. The maximum atomic E-state index is 12.5. The number of urea groups is 1. The number of hydrogen-bond acceptors (Lipinski definition) is 7. The van der Waals surface area contributed by atoms with E-state index in [-0.39, 0.29) is 6.03 Å². The van der Waals surface area contributed by atoms with E-state index in [0.29, 0.717) is 41.1 Å². The number of aromatic nitrogens is 4. The van der Waals surface area contributed by atoms with Gasteiger partial charge >= 0.3 is 6.03 Å². The molecular weight excluding hydrogens is 484 g/mol. The van der Waals surface area contributed by atoms with E-state index >= 15 is 0 Å². The molecule has 2 heterocycles. The Morgan fingerprint density at radius 2 is 1.76 bits per heavy atom. The molecule has 0 radical (unpaired) electrons. The van der Waals surface area contributed by atoms with E-state index in [2.05, 4.69) is 25.8 Å². The Hall–Kier alpha value is -5.12. The summed E-state index contributed by atoms with van der Waals surface area (Å²) in [5.74, 6) is 2.17. The standard InChI is InChI=1S/C28H26N6O4/c1-18-4-13-25(37-3)23(14-18)31-28(35)30-21-9-5-19(6-10-21)15-34-16-24(29-17-34)27-32-26(33-38-27)20-7-11-22(36-2)12-8-20/h4-14,16-17H,15H2,1-3H3,(H2,30,31,35). The fourth-order valence-corrected chi connectivity index (χ4v) is 3.85. The molecule has 0 saturated carbocycles. The Kier molecular flexibility index (Phi) is 7.03. The van der Waals surface area contributed by atoms with Gasteiger partial charge in [0, 0.05) is 24.0 Å². The molecule has 0 aliphatic heterocycles. The highest BCUT2D eigenvalue weighted by Crippen LogP contribution is 2.26. The van der Waals surface area contributed by atoms with Crippen LogP contribution in [0.25, 0.3) is 23.0 Å². The number of amides is 2. The van der Waals surface area contributed by atoms with Crippen molar-refractivity contribution >= 4 is 17.4 Å². The van der Waals surface area contributed by atoms with E-state index in [4.69, 9.17) is 14.0 Å². The number of carbonyl (C=O) groups excluding carboxylic acids is 1. The summed E-state index contributed by atoms with van der Waals surface area (Å²) in [4.78, 5) is 21.3. The molecule has 10 nitrogen and oxygen atoms in total. The molecule has 10 heteroatoms. The molecule has 0 atom stereocenters. The summed E-state index contributed by atoms with van der Waals surface area (Å²) < 4.78 is 17.8. The van der Waals surface area contributed by atoms with Gasteiger partial charge in [-0.05, 0) is 66.6 Å². The zero-order valence-electron chi connectivity index (χ0n) is 21.1. The zero-order chi connectivity index (χ0) is 26.5. The highest BCUT2D eigenvalue weighted by molar-refractivity contribution is 6.00. The molecule has 192 valence electrons. The fourth-order valence-electron chi connectivity index (χ4n) is 3.85. The van der Waals surface area contributed by atoms with Crippen molar-refractivity contribution in [2.24, 2.45) is 0 Å². The molecule has 2 amide bonds. The molecule has 0 aliphatic carbocycles. The molecular formula is C28H26N6O4. The molecule has 2 aromatic heterocycles. The molecule has 0 spiro atoms. The molecule has 0 fully saturated rings. The van der Waals surface area contributed by atoms with E-state index in [1.807, 2.05) is 84.4 Å². The van der Waals surface area contributed by atoms with Crippen LogP contribution in [0.3, 0.4) is 0 Å². The van der Waals surface area contributed by atoms with Crippen LogP contribution in [0, 0.1) is 6.92 Å². The van der Waals surface area contributed by atoms with Gasteiger partial charge in [-0.15, -0.1) is 0 Å². The molecule has 2 N–H and O–H groups in total. The summed E-state index contributed by atoms with van der Waals surface area (Å²) in [7, 11) is 3.19. The predicted molar refractivity (Wildman–Crippen MR) is 143 cm³/mol. The fraction of sp³-hybridized carbons (Fsp3) is 0.143. The van der Waals surface area contributed by atoms with Gasteiger partial charge in [0.05, 0.1) is 26.2 Å². The van der Waals surface area contributed by atoms with Crippen molar-refractivity contribution in [3.63, 3.8) is 0 Å². The van der Waals surface area contributed by atoms with E-state index in [1.54, 1.807) is 20.5 Å². The van der Waals surface area contributed by atoms with E-state index in [9.17, 15) is 4.79 Å². The van der Waals surface area contributed by atoms with Crippen molar-refractivity contribution in [3.05, 3.63) is 90.4 Å². The number of aryl methyl sites for hydroxylation is 1. The summed E-state index contributed by atoms with van der Waals surface area (Å²) in [6.07, 6.45) is 3.56. The molecule has 0 bridgehead atoms. The largest absolute Gasteiger partial charge is 0.497 e. The first-order chi connectivity index (χ1) is 18.5. The lowest BCUT2D eigenvalue weighted by molar-refractivity contribution is 0.262. The topological polar surface area (TPSA) is 116 Å². The number of nitrogens with one attached hydrogen (secondary N) is 2. The van der Waals surface area contributed by atoms with Gasteiger partial charge in [0.2, 0.25) is 5.82 Å². The van der Waals surface area contributed by atoms with Crippen molar-refractivity contribution < 1.29 is 18.8 Å². The van der Waals surface area contributed by atoms with Gasteiger partial charge in [-0.1, -0.05) is 23.4 Å². The van der Waals surface area contributed by atoms with Gasteiger partial charge in [0.15, 0.2) is 0 Å². The Balaban J connectivity index is 1.19. The number of ether oxygens (including phenoxy) is 2. The first kappa shape index (κ1) is 24.6. The average molecular weight is 511 g/mol. The van der Waals surface area contributed by atoms with Gasteiger partial charge in [-0.25, -0.2) is 9.78 Å². The van der Waals surface area contributed by atoms with Crippen LogP contribution in [0.4, 0.5) is 16.2 Å². The number of rotatable bonds is 8. The van der Waals surface area contributed by atoms with E-state index in [0.717, 1.165) is 22.4 Å². The summed E-state index contributed by atoms with van der Waals surface area (Å²) >= 11 is 0. The predicted octanol–water partition coefficient (Wildman–Crippen LogP) is 5.62. The third-order valence-corrected chi connectivity index (χ3v) is 5.81. The SMILES string of the molecule is COc1ccc(-c2noc(-c3cn(Cc4ccc(NC(=O)Nc5cc(C)ccc5OC)cc4)cn3)n2)cc1. The van der Waals surface area contributed by atoms with Crippen molar-refractivity contribution in [3.8, 4) is 34.5 Å². The third-order valence-electron chi connectivity index (χ3n) is 5.81. The van der Waals surface area contributed by atoms with Gasteiger partial charge in [0.1, 0.15) is 17.2 Å². The van der Waals surface area contributed by atoms with Crippen LogP contribution < -0.4 is 20.1 Å². The Morgan fingerprint density at radius 3 is 2.50 bits per heavy atom. The second kappa shape index (κ2) is 10.9. The molecule has 0 aliphatic rings. The number of carbonyl (C=O) groups is 1. The Morgan fingerprint density at radius 1 is 0.974 bits per heavy atom. The maximum absolute atomic E-state index is 12.5. The quantitative estimate of drug-likeness (QED) is 0.278. The number of imidazole rings is 1. The Bertz CT molecular complexity index is 1540. The van der Waals surface area contributed by atoms with Crippen LogP contribution in [-0.4, -0.2) is 39.9 Å². The van der Waals surface area contributed by atoms with E-state index < -0.39 is 0 Å². The minimum atomic E-state index is -0.352. The molecule has 5 rings (SSSR count). The van der Waals surface area contributed by atoms with Crippen LogP contribution in [-0.2, 0) is 6.54 Å². The van der Waals surface area contributed by atoms with E-state index in [1.165, 1.54) is 0 Å². The summed E-state index contributed by atoms with van der Waals surface area (Å²) in [5.41, 5.74) is 4.73. The normalized spacial score (nSPS) is 10.7. The average Bonchev–Trinajstić information content (AvgIpc) is 3.60.